The first-order valence-corrected chi connectivity index (χ1v) is 7.84. The van der Waals surface area contributed by atoms with Crippen LogP contribution in [0.25, 0.3) is 0 Å². The third kappa shape index (κ3) is 4.27. The van der Waals surface area contributed by atoms with Gasteiger partial charge >= 0.3 is 0 Å². The monoisotopic (exact) mass is 389 g/mol. The van der Waals surface area contributed by atoms with Crippen LogP contribution in [0.5, 0.6) is 0 Å². The van der Waals surface area contributed by atoms with E-state index in [0.717, 1.165) is 34.3 Å². The number of nitrogens with zero attached hydrogens (tertiary/aromatic N) is 1. The van der Waals surface area contributed by atoms with Crippen LogP contribution in [0.4, 0.5) is 5.69 Å². The highest BCUT2D eigenvalue weighted by molar-refractivity contribution is 9.11. The van der Waals surface area contributed by atoms with Gasteiger partial charge in [0, 0.05) is 34.6 Å². The Kier molecular flexibility index (Phi) is 5.38. The van der Waals surface area contributed by atoms with E-state index in [-0.39, 0.29) is 5.91 Å². The van der Waals surface area contributed by atoms with Gasteiger partial charge in [0.2, 0.25) is 5.91 Å². The molecule has 2 rings (SSSR count). The smallest absolute Gasteiger partial charge is 0.238 e. The van der Waals surface area contributed by atoms with Crippen LogP contribution in [0.1, 0.15) is 6.92 Å². The minimum atomic E-state index is 0.0248. The molecule has 1 saturated heterocycles. The predicted molar refractivity (Wildman–Crippen MR) is 84.4 cm³/mol. The molecular formula is C13H17Br2N3O. The summed E-state index contributed by atoms with van der Waals surface area (Å²) in [7, 11) is 0. The normalized spacial score (nSPS) is 20.3. The second kappa shape index (κ2) is 6.83. The summed E-state index contributed by atoms with van der Waals surface area (Å²) >= 11 is 6.84. The topological polar surface area (TPSA) is 44.4 Å². The van der Waals surface area contributed by atoms with E-state index >= 15 is 0 Å². The van der Waals surface area contributed by atoms with Crippen molar-refractivity contribution in [3.63, 3.8) is 0 Å². The van der Waals surface area contributed by atoms with Gasteiger partial charge in [0.25, 0.3) is 0 Å². The molecule has 0 spiro atoms. The molecular weight excluding hydrogens is 374 g/mol. The molecule has 0 unspecified atom stereocenters. The maximum absolute atomic E-state index is 12.1. The number of halogens is 2. The summed E-state index contributed by atoms with van der Waals surface area (Å²) in [4.78, 5) is 14.3. The minimum Gasteiger partial charge on any atom is -0.324 e. The Morgan fingerprint density at radius 1 is 1.53 bits per heavy atom. The maximum atomic E-state index is 12.1. The van der Waals surface area contributed by atoms with Gasteiger partial charge in [-0.15, -0.1) is 0 Å². The highest BCUT2D eigenvalue weighted by Crippen LogP contribution is 2.26. The standard InChI is InChI=1S/C13H17Br2N3O/c1-9-7-16-4-5-18(9)8-13(19)17-12-3-2-10(14)6-11(12)15/h2-3,6,9,16H,4-5,7-8H2,1H3,(H,17,19)/t9-/m0/s1. The molecule has 2 N–H and O–H groups in total. The number of nitrogens with one attached hydrogen (secondary N) is 2. The molecule has 1 aliphatic heterocycles. The fraction of sp³-hybridized carbons (Fsp3) is 0.462. The second-order valence-electron chi connectivity index (χ2n) is 4.70. The SMILES string of the molecule is C[C@H]1CNCCN1CC(=O)Nc1ccc(Br)cc1Br. The van der Waals surface area contributed by atoms with E-state index in [4.69, 9.17) is 0 Å². The molecule has 0 aromatic heterocycles. The second-order valence-corrected chi connectivity index (χ2v) is 6.47. The Balaban J connectivity index is 1.93. The van der Waals surface area contributed by atoms with Crippen molar-refractivity contribution < 1.29 is 4.79 Å². The minimum absolute atomic E-state index is 0.0248. The van der Waals surface area contributed by atoms with E-state index in [9.17, 15) is 4.79 Å². The summed E-state index contributed by atoms with van der Waals surface area (Å²) in [5.41, 5.74) is 0.802. The highest BCUT2D eigenvalue weighted by atomic mass is 79.9. The van der Waals surface area contributed by atoms with Gasteiger partial charge in [-0.25, -0.2) is 0 Å². The molecule has 0 aliphatic carbocycles. The van der Waals surface area contributed by atoms with Crippen molar-refractivity contribution in [3.05, 3.63) is 27.1 Å². The summed E-state index contributed by atoms with van der Waals surface area (Å²) in [6, 6.07) is 6.11. The zero-order chi connectivity index (χ0) is 13.8. The van der Waals surface area contributed by atoms with E-state index in [0.29, 0.717) is 12.6 Å². The van der Waals surface area contributed by atoms with Crippen molar-refractivity contribution in [3.8, 4) is 0 Å². The molecule has 1 atom stereocenters. The summed E-state index contributed by atoms with van der Waals surface area (Å²) in [5.74, 6) is 0.0248. The number of piperazine rings is 1. The van der Waals surface area contributed by atoms with Crippen molar-refractivity contribution in [2.24, 2.45) is 0 Å². The Morgan fingerprint density at radius 2 is 2.32 bits per heavy atom. The quantitative estimate of drug-likeness (QED) is 0.833. The lowest BCUT2D eigenvalue weighted by atomic mass is 10.2. The molecule has 104 valence electrons. The average molecular weight is 391 g/mol. The van der Waals surface area contributed by atoms with Crippen molar-refractivity contribution in [2.75, 3.05) is 31.5 Å². The van der Waals surface area contributed by atoms with Crippen LogP contribution in [-0.4, -0.2) is 43.0 Å². The summed E-state index contributed by atoms with van der Waals surface area (Å²) in [6.07, 6.45) is 0. The van der Waals surface area contributed by atoms with E-state index < -0.39 is 0 Å². The van der Waals surface area contributed by atoms with Crippen molar-refractivity contribution in [1.82, 2.24) is 10.2 Å². The van der Waals surface area contributed by atoms with E-state index in [1.807, 2.05) is 18.2 Å². The van der Waals surface area contributed by atoms with E-state index in [2.05, 4.69) is 54.3 Å². The summed E-state index contributed by atoms with van der Waals surface area (Å²) in [5, 5.41) is 6.25. The van der Waals surface area contributed by atoms with Crippen LogP contribution in [0.3, 0.4) is 0 Å². The Bertz CT molecular complexity index is 467. The van der Waals surface area contributed by atoms with Crippen molar-refractivity contribution >= 4 is 43.5 Å². The first kappa shape index (κ1) is 15.0. The lowest BCUT2D eigenvalue weighted by Gasteiger charge is -2.33. The predicted octanol–water partition coefficient (Wildman–Crippen LogP) is 2.44. The number of anilines is 1. The highest BCUT2D eigenvalue weighted by Gasteiger charge is 2.20. The molecule has 1 amide bonds. The van der Waals surface area contributed by atoms with Gasteiger partial charge in [0.05, 0.1) is 12.2 Å². The zero-order valence-corrected chi connectivity index (χ0v) is 13.9. The zero-order valence-electron chi connectivity index (χ0n) is 10.7. The number of amides is 1. The van der Waals surface area contributed by atoms with Gasteiger partial charge in [-0.2, -0.15) is 0 Å². The third-order valence-electron chi connectivity index (χ3n) is 3.19. The van der Waals surface area contributed by atoms with Gasteiger partial charge in [0.1, 0.15) is 0 Å². The van der Waals surface area contributed by atoms with Crippen molar-refractivity contribution in [2.45, 2.75) is 13.0 Å². The van der Waals surface area contributed by atoms with Gasteiger partial charge in [-0.1, -0.05) is 15.9 Å². The first-order chi connectivity index (χ1) is 9.06. The average Bonchev–Trinajstić information content (AvgIpc) is 2.36. The van der Waals surface area contributed by atoms with Crippen molar-refractivity contribution in [1.29, 1.82) is 0 Å². The fourth-order valence-electron chi connectivity index (χ4n) is 2.08. The fourth-order valence-corrected chi connectivity index (χ4v) is 3.23. The van der Waals surface area contributed by atoms with E-state index in [1.54, 1.807) is 0 Å². The van der Waals surface area contributed by atoms with Gasteiger partial charge in [-0.05, 0) is 41.1 Å². The molecule has 0 saturated carbocycles. The maximum Gasteiger partial charge on any atom is 0.238 e. The van der Waals surface area contributed by atoms with Crippen LogP contribution in [0.15, 0.2) is 27.1 Å². The third-order valence-corrected chi connectivity index (χ3v) is 4.34. The van der Waals surface area contributed by atoms with Gasteiger partial charge < -0.3 is 10.6 Å². The van der Waals surface area contributed by atoms with Gasteiger partial charge in [-0.3, -0.25) is 9.69 Å². The lowest BCUT2D eigenvalue weighted by Crippen LogP contribution is -2.52. The molecule has 0 radical (unpaired) electrons. The largest absolute Gasteiger partial charge is 0.324 e. The number of hydrogen-bond donors (Lipinski definition) is 2. The molecule has 6 heteroatoms. The number of carbonyl (C=O) groups is 1. The van der Waals surface area contributed by atoms with Crippen LogP contribution < -0.4 is 10.6 Å². The van der Waals surface area contributed by atoms with Crippen LogP contribution in [-0.2, 0) is 4.79 Å². The summed E-state index contributed by atoms with van der Waals surface area (Å²) in [6.45, 7) is 5.37. The first-order valence-electron chi connectivity index (χ1n) is 6.26. The number of rotatable bonds is 3. The molecule has 1 heterocycles. The van der Waals surface area contributed by atoms with Crippen LogP contribution in [0, 0.1) is 0 Å². The molecule has 1 fully saturated rings. The number of benzene rings is 1. The van der Waals surface area contributed by atoms with Gasteiger partial charge in [0.15, 0.2) is 0 Å². The lowest BCUT2D eigenvalue weighted by molar-refractivity contribution is -0.118. The molecule has 4 nitrogen and oxygen atoms in total. The molecule has 1 aromatic carbocycles. The number of carbonyl (C=O) groups excluding carboxylic acids is 1. The molecule has 0 bridgehead atoms. The van der Waals surface area contributed by atoms with Crippen LogP contribution in [0.2, 0.25) is 0 Å². The molecule has 1 aliphatic rings. The Labute approximate surface area is 130 Å². The molecule has 19 heavy (non-hydrogen) atoms. The molecule has 1 aromatic rings. The Morgan fingerprint density at radius 3 is 3.00 bits per heavy atom. The Hall–Kier alpha value is -0.430. The number of hydrogen-bond acceptors (Lipinski definition) is 3. The van der Waals surface area contributed by atoms with Crippen LogP contribution >= 0.6 is 31.9 Å². The summed E-state index contributed by atoms with van der Waals surface area (Å²) < 4.78 is 1.86. The van der Waals surface area contributed by atoms with E-state index in [1.165, 1.54) is 0 Å².